The Bertz CT molecular complexity index is 1010. The number of nitrogens with zero attached hydrogens (tertiary/aromatic N) is 2. The summed E-state index contributed by atoms with van der Waals surface area (Å²) >= 11 is 7.65. The smallest absolute Gasteiger partial charge is 0.163 e. The molecule has 25 heavy (non-hydrogen) atoms. The number of halogens is 1. The van der Waals surface area contributed by atoms with Crippen LogP contribution in [0.1, 0.15) is 10.4 Å². The van der Waals surface area contributed by atoms with E-state index in [2.05, 4.69) is 18.3 Å². The molecule has 0 amide bonds. The number of anilines is 1. The summed E-state index contributed by atoms with van der Waals surface area (Å²) in [5.41, 5.74) is 2.18. The number of hydrogen-bond acceptors (Lipinski definition) is 4. The van der Waals surface area contributed by atoms with Crippen LogP contribution in [-0.2, 0) is 6.54 Å². The summed E-state index contributed by atoms with van der Waals surface area (Å²) in [4.78, 5) is 11.7. The standard InChI is InChI=1S/C20H16ClN3S/c1-13-11-17-19(22-12-14-7-9-16(21)10-8-14)23-18(24-20(17)25-13)15-5-3-2-4-6-15/h2-11H,12H2,1H3,(H,22,23,24). The summed E-state index contributed by atoms with van der Waals surface area (Å²) in [6.45, 7) is 2.78. The first-order valence-electron chi connectivity index (χ1n) is 8.01. The molecule has 0 radical (unpaired) electrons. The van der Waals surface area contributed by atoms with Gasteiger partial charge in [0.05, 0.1) is 5.39 Å². The predicted molar refractivity (Wildman–Crippen MR) is 106 cm³/mol. The van der Waals surface area contributed by atoms with Crippen molar-refractivity contribution in [3.05, 3.63) is 76.1 Å². The summed E-state index contributed by atoms with van der Waals surface area (Å²) < 4.78 is 0. The van der Waals surface area contributed by atoms with E-state index in [1.54, 1.807) is 11.3 Å². The van der Waals surface area contributed by atoms with E-state index in [9.17, 15) is 0 Å². The van der Waals surface area contributed by atoms with Gasteiger partial charge in [-0.3, -0.25) is 0 Å². The first kappa shape index (κ1) is 16.1. The maximum Gasteiger partial charge on any atom is 0.163 e. The van der Waals surface area contributed by atoms with Gasteiger partial charge in [-0.05, 0) is 30.7 Å². The summed E-state index contributed by atoms with van der Waals surface area (Å²) in [7, 11) is 0. The highest BCUT2D eigenvalue weighted by atomic mass is 35.5. The van der Waals surface area contributed by atoms with E-state index in [4.69, 9.17) is 21.6 Å². The van der Waals surface area contributed by atoms with Gasteiger partial charge in [-0.2, -0.15) is 0 Å². The number of benzene rings is 2. The minimum atomic E-state index is 0.687. The molecule has 2 aromatic carbocycles. The number of hydrogen-bond donors (Lipinski definition) is 1. The summed E-state index contributed by atoms with van der Waals surface area (Å²) in [5, 5.41) is 5.27. The van der Waals surface area contributed by atoms with Crippen LogP contribution in [0, 0.1) is 6.92 Å². The molecule has 0 fully saturated rings. The van der Waals surface area contributed by atoms with Gasteiger partial charge in [0.25, 0.3) is 0 Å². The molecule has 0 aliphatic carbocycles. The molecule has 0 spiro atoms. The van der Waals surface area contributed by atoms with Gasteiger partial charge in [-0.25, -0.2) is 9.97 Å². The van der Waals surface area contributed by atoms with Crippen molar-refractivity contribution in [2.75, 3.05) is 5.32 Å². The topological polar surface area (TPSA) is 37.8 Å². The maximum absolute atomic E-state index is 5.96. The van der Waals surface area contributed by atoms with Gasteiger partial charge in [0.1, 0.15) is 10.6 Å². The van der Waals surface area contributed by atoms with E-state index >= 15 is 0 Å². The molecule has 0 saturated carbocycles. The molecular formula is C20H16ClN3S. The first-order valence-corrected chi connectivity index (χ1v) is 9.20. The molecule has 0 aliphatic rings. The van der Waals surface area contributed by atoms with Gasteiger partial charge in [-0.1, -0.05) is 54.1 Å². The molecule has 0 atom stereocenters. The average molecular weight is 366 g/mol. The van der Waals surface area contributed by atoms with Gasteiger partial charge in [0, 0.05) is 22.0 Å². The summed E-state index contributed by atoms with van der Waals surface area (Å²) in [6, 6.07) is 20.0. The van der Waals surface area contributed by atoms with Crippen molar-refractivity contribution in [3.63, 3.8) is 0 Å². The number of aromatic nitrogens is 2. The third-order valence-electron chi connectivity index (χ3n) is 3.92. The molecule has 124 valence electrons. The lowest BCUT2D eigenvalue weighted by atomic mass is 10.2. The monoisotopic (exact) mass is 365 g/mol. The predicted octanol–water partition coefficient (Wildman–Crippen LogP) is 5.93. The van der Waals surface area contributed by atoms with Crippen LogP contribution in [0.25, 0.3) is 21.6 Å². The van der Waals surface area contributed by atoms with Crippen molar-refractivity contribution in [3.8, 4) is 11.4 Å². The third-order valence-corrected chi connectivity index (χ3v) is 5.12. The highest BCUT2D eigenvalue weighted by Crippen LogP contribution is 2.31. The molecule has 0 bridgehead atoms. The van der Waals surface area contributed by atoms with E-state index < -0.39 is 0 Å². The van der Waals surface area contributed by atoms with Gasteiger partial charge < -0.3 is 5.32 Å². The van der Waals surface area contributed by atoms with Crippen LogP contribution in [0.3, 0.4) is 0 Å². The van der Waals surface area contributed by atoms with E-state index in [1.807, 2.05) is 54.6 Å². The van der Waals surface area contributed by atoms with Gasteiger partial charge in [-0.15, -0.1) is 11.3 Å². The molecule has 0 saturated heterocycles. The molecule has 0 aliphatic heterocycles. The fourth-order valence-corrected chi connectivity index (χ4v) is 3.69. The molecule has 2 heterocycles. The highest BCUT2D eigenvalue weighted by molar-refractivity contribution is 7.18. The molecule has 5 heteroatoms. The van der Waals surface area contributed by atoms with Crippen molar-refractivity contribution < 1.29 is 0 Å². The van der Waals surface area contributed by atoms with Crippen LogP contribution < -0.4 is 5.32 Å². The van der Waals surface area contributed by atoms with Crippen molar-refractivity contribution in [1.29, 1.82) is 0 Å². The van der Waals surface area contributed by atoms with E-state index in [0.29, 0.717) is 6.54 Å². The lowest BCUT2D eigenvalue weighted by molar-refractivity contribution is 1.11. The number of rotatable bonds is 4. The van der Waals surface area contributed by atoms with E-state index in [1.165, 1.54) is 4.88 Å². The third kappa shape index (κ3) is 3.50. The zero-order chi connectivity index (χ0) is 17.2. The van der Waals surface area contributed by atoms with Gasteiger partial charge in [0.15, 0.2) is 5.82 Å². The molecule has 0 unspecified atom stereocenters. The fraction of sp³-hybridized carbons (Fsp3) is 0.100. The van der Waals surface area contributed by atoms with E-state index in [0.717, 1.165) is 38.0 Å². The molecule has 4 aromatic rings. The zero-order valence-corrected chi connectivity index (χ0v) is 15.2. The van der Waals surface area contributed by atoms with Crippen LogP contribution in [0.2, 0.25) is 5.02 Å². The van der Waals surface area contributed by atoms with E-state index in [-0.39, 0.29) is 0 Å². The number of nitrogens with one attached hydrogen (secondary N) is 1. The van der Waals surface area contributed by atoms with Gasteiger partial charge in [0.2, 0.25) is 0 Å². The second-order valence-electron chi connectivity index (χ2n) is 5.82. The molecule has 4 rings (SSSR count). The Morgan fingerprint density at radius 1 is 1.00 bits per heavy atom. The second-order valence-corrected chi connectivity index (χ2v) is 7.49. The number of thiophene rings is 1. The Balaban J connectivity index is 1.72. The van der Waals surface area contributed by atoms with Crippen LogP contribution in [0.5, 0.6) is 0 Å². The Morgan fingerprint density at radius 3 is 2.52 bits per heavy atom. The SMILES string of the molecule is Cc1cc2c(NCc3ccc(Cl)cc3)nc(-c3ccccc3)nc2s1. The minimum absolute atomic E-state index is 0.687. The van der Waals surface area contributed by atoms with Crippen LogP contribution in [0.15, 0.2) is 60.7 Å². The Morgan fingerprint density at radius 2 is 1.76 bits per heavy atom. The number of fused-ring (bicyclic) bond motifs is 1. The largest absolute Gasteiger partial charge is 0.365 e. The molecule has 2 aromatic heterocycles. The summed E-state index contributed by atoms with van der Waals surface area (Å²) in [5.74, 6) is 1.61. The van der Waals surface area contributed by atoms with Crippen LogP contribution in [-0.4, -0.2) is 9.97 Å². The summed E-state index contributed by atoms with van der Waals surface area (Å²) in [6.07, 6.45) is 0. The molecular weight excluding hydrogens is 350 g/mol. The fourth-order valence-electron chi connectivity index (χ4n) is 2.68. The van der Waals surface area contributed by atoms with Crippen LogP contribution in [0.4, 0.5) is 5.82 Å². The molecule has 3 nitrogen and oxygen atoms in total. The average Bonchev–Trinajstić information content (AvgIpc) is 3.02. The van der Waals surface area contributed by atoms with Crippen molar-refractivity contribution >= 4 is 39.0 Å². The highest BCUT2D eigenvalue weighted by Gasteiger charge is 2.11. The first-order chi connectivity index (χ1) is 12.2. The Hall–Kier alpha value is -2.43. The zero-order valence-electron chi connectivity index (χ0n) is 13.7. The van der Waals surface area contributed by atoms with Crippen molar-refractivity contribution in [2.24, 2.45) is 0 Å². The quantitative estimate of drug-likeness (QED) is 0.487. The lowest BCUT2D eigenvalue weighted by Gasteiger charge is -2.09. The Kier molecular flexibility index (Phi) is 4.38. The van der Waals surface area contributed by atoms with Crippen LogP contribution >= 0.6 is 22.9 Å². The maximum atomic E-state index is 5.96. The Labute approximate surface area is 155 Å². The molecule has 1 N–H and O–H groups in total. The minimum Gasteiger partial charge on any atom is -0.365 e. The number of aryl methyl sites for hydroxylation is 1. The van der Waals surface area contributed by atoms with Crippen molar-refractivity contribution in [1.82, 2.24) is 9.97 Å². The lowest BCUT2D eigenvalue weighted by Crippen LogP contribution is -2.03. The van der Waals surface area contributed by atoms with Crippen molar-refractivity contribution in [2.45, 2.75) is 13.5 Å². The second kappa shape index (κ2) is 6.82. The van der Waals surface area contributed by atoms with Gasteiger partial charge >= 0.3 is 0 Å². The normalized spacial score (nSPS) is 11.0.